The van der Waals surface area contributed by atoms with Crippen LogP contribution in [0.5, 0.6) is 0 Å². The van der Waals surface area contributed by atoms with Gasteiger partial charge in [0.25, 0.3) is 10.0 Å². The average Bonchev–Trinajstić information content (AvgIpc) is 2.58. The zero-order valence-corrected chi connectivity index (χ0v) is 11.2. The molecule has 1 rings (SSSR count). The molecule has 0 spiro atoms. The Labute approximate surface area is 105 Å². The van der Waals surface area contributed by atoms with E-state index in [1.165, 1.54) is 16.5 Å². The van der Waals surface area contributed by atoms with Gasteiger partial charge in [0.15, 0.2) is 9.34 Å². The molecular formula is C10H15N3O2S2. The van der Waals surface area contributed by atoms with Gasteiger partial charge < -0.3 is 5.73 Å². The first-order valence-electron chi connectivity index (χ1n) is 4.88. The fourth-order valence-electron chi connectivity index (χ4n) is 1.32. The lowest BCUT2D eigenvalue weighted by Crippen LogP contribution is -2.31. The molecule has 2 N–H and O–H groups in total. The molecule has 17 heavy (non-hydrogen) atoms. The van der Waals surface area contributed by atoms with Gasteiger partial charge in [0, 0.05) is 13.1 Å². The van der Waals surface area contributed by atoms with Crippen LogP contribution in [0, 0.1) is 6.92 Å². The highest BCUT2D eigenvalue weighted by atomic mass is 32.2. The number of hydrogen-bond donors (Lipinski definition) is 1. The average molecular weight is 273 g/mol. The molecule has 5 nitrogen and oxygen atoms in total. The van der Waals surface area contributed by atoms with E-state index in [0.29, 0.717) is 5.69 Å². The van der Waals surface area contributed by atoms with E-state index < -0.39 is 10.0 Å². The Morgan fingerprint density at radius 3 is 2.29 bits per heavy atom. The van der Waals surface area contributed by atoms with E-state index >= 15 is 0 Å². The number of aromatic nitrogens is 1. The van der Waals surface area contributed by atoms with E-state index in [-0.39, 0.29) is 22.4 Å². The van der Waals surface area contributed by atoms with Gasteiger partial charge in [0.05, 0.1) is 5.69 Å². The van der Waals surface area contributed by atoms with E-state index in [1.807, 2.05) is 0 Å². The second-order valence-electron chi connectivity index (χ2n) is 3.32. The summed E-state index contributed by atoms with van der Waals surface area (Å²) in [6.07, 6.45) is 3.06. The molecule has 0 unspecified atom stereocenters. The molecule has 0 aliphatic heterocycles. The van der Waals surface area contributed by atoms with Crippen LogP contribution in [0.1, 0.15) is 5.69 Å². The number of nitrogens with zero attached hydrogens (tertiary/aromatic N) is 2. The van der Waals surface area contributed by atoms with Gasteiger partial charge in [-0.25, -0.2) is 13.4 Å². The first-order valence-corrected chi connectivity index (χ1v) is 7.14. The van der Waals surface area contributed by atoms with Crippen LogP contribution < -0.4 is 5.73 Å². The number of rotatable bonds is 6. The molecule has 0 aromatic carbocycles. The van der Waals surface area contributed by atoms with Crippen molar-refractivity contribution in [1.82, 2.24) is 9.29 Å². The zero-order valence-electron chi connectivity index (χ0n) is 9.59. The number of hydrogen-bond acceptors (Lipinski definition) is 5. The Hall–Kier alpha value is -1.18. The van der Waals surface area contributed by atoms with E-state index in [0.717, 1.165) is 11.3 Å². The van der Waals surface area contributed by atoms with Gasteiger partial charge in [-0.15, -0.1) is 13.2 Å². The fourth-order valence-corrected chi connectivity index (χ4v) is 4.13. The van der Waals surface area contributed by atoms with Crippen molar-refractivity contribution < 1.29 is 8.42 Å². The van der Waals surface area contributed by atoms with Crippen LogP contribution >= 0.6 is 11.3 Å². The molecule has 0 atom stereocenters. The molecule has 0 aliphatic rings. The van der Waals surface area contributed by atoms with Gasteiger partial charge in [-0.3, -0.25) is 0 Å². The summed E-state index contributed by atoms with van der Waals surface area (Å²) >= 11 is 0.970. The lowest BCUT2D eigenvalue weighted by Gasteiger charge is -2.17. The smallest absolute Gasteiger partial charge is 0.255 e. The van der Waals surface area contributed by atoms with Gasteiger partial charge in [0.2, 0.25) is 0 Å². The van der Waals surface area contributed by atoms with Crippen molar-refractivity contribution in [3.63, 3.8) is 0 Å². The molecule has 0 fully saturated rings. The maximum atomic E-state index is 12.3. The van der Waals surface area contributed by atoms with Crippen LogP contribution in [-0.4, -0.2) is 30.8 Å². The monoisotopic (exact) mass is 273 g/mol. The Balaban J connectivity index is 3.19. The minimum Gasteiger partial charge on any atom is -0.375 e. The molecule has 7 heteroatoms. The summed E-state index contributed by atoms with van der Waals surface area (Å²) in [5.41, 5.74) is 5.93. The topological polar surface area (TPSA) is 76.3 Å². The van der Waals surface area contributed by atoms with Gasteiger partial charge in [-0.2, -0.15) is 4.31 Å². The molecular weight excluding hydrogens is 258 g/mol. The van der Waals surface area contributed by atoms with Crippen LogP contribution in [-0.2, 0) is 10.0 Å². The molecule has 0 amide bonds. The first-order chi connectivity index (χ1) is 7.93. The molecule has 0 aliphatic carbocycles. The maximum Gasteiger partial charge on any atom is 0.255 e. The zero-order chi connectivity index (χ0) is 13.1. The van der Waals surface area contributed by atoms with E-state index in [4.69, 9.17) is 5.73 Å². The van der Waals surface area contributed by atoms with Gasteiger partial charge >= 0.3 is 0 Å². The number of anilines is 1. The van der Waals surface area contributed by atoms with Gasteiger partial charge in [-0.05, 0) is 6.92 Å². The summed E-state index contributed by atoms with van der Waals surface area (Å²) in [4.78, 5) is 3.92. The highest BCUT2D eigenvalue weighted by Crippen LogP contribution is 2.27. The number of aryl methyl sites for hydroxylation is 1. The third kappa shape index (κ3) is 2.93. The molecule has 0 bridgehead atoms. The Morgan fingerprint density at radius 2 is 1.94 bits per heavy atom. The quantitative estimate of drug-likeness (QED) is 0.795. The van der Waals surface area contributed by atoms with Crippen molar-refractivity contribution in [2.45, 2.75) is 11.1 Å². The lowest BCUT2D eigenvalue weighted by atomic mass is 10.5. The van der Waals surface area contributed by atoms with Crippen molar-refractivity contribution in [1.29, 1.82) is 0 Å². The first kappa shape index (κ1) is 13.9. The molecule has 1 aromatic rings. The highest BCUT2D eigenvalue weighted by Gasteiger charge is 2.27. The highest BCUT2D eigenvalue weighted by molar-refractivity contribution is 7.91. The van der Waals surface area contributed by atoms with Crippen molar-refractivity contribution in [2.24, 2.45) is 0 Å². The molecule has 0 saturated carbocycles. The van der Waals surface area contributed by atoms with Gasteiger partial charge in [-0.1, -0.05) is 23.5 Å². The van der Waals surface area contributed by atoms with Crippen molar-refractivity contribution in [2.75, 3.05) is 18.8 Å². The number of nitrogens with two attached hydrogens (primary N) is 1. The predicted octanol–water partition coefficient (Wildman–Crippen LogP) is 1.40. The SMILES string of the molecule is C=CCN(CC=C)S(=O)(=O)c1sc(N)nc1C. The van der Waals surface area contributed by atoms with Crippen LogP contribution in [0.25, 0.3) is 0 Å². The lowest BCUT2D eigenvalue weighted by molar-refractivity contribution is 0.475. The number of sulfonamides is 1. The second-order valence-corrected chi connectivity index (χ2v) is 6.49. The summed E-state index contributed by atoms with van der Waals surface area (Å²) in [6.45, 7) is 9.16. The summed E-state index contributed by atoms with van der Waals surface area (Å²) in [7, 11) is -3.57. The predicted molar refractivity (Wildman–Crippen MR) is 70.4 cm³/mol. The van der Waals surface area contributed by atoms with Gasteiger partial charge in [0.1, 0.15) is 0 Å². The summed E-state index contributed by atoms with van der Waals surface area (Å²) in [5.74, 6) is 0. The second kappa shape index (κ2) is 5.44. The third-order valence-electron chi connectivity index (χ3n) is 2.01. The molecule has 1 aromatic heterocycles. The van der Waals surface area contributed by atoms with Crippen molar-refractivity contribution in [3.8, 4) is 0 Å². The van der Waals surface area contributed by atoms with Crippen molar-refractivity contribution in [3.05, 3.63) is 31.0 Å². The van der Waals surface area contributed by atoms with E-state index in [9.17, 15) is 8.42 Å². The minimum absolute atomic E-state index is 0.179. The normalized spacial score (nSPS) is 11.6. The number of thiazole rings is 1. The summed E-state index contributed by atoms with van der Waals surface area (Å²) in [5, 5.41) is 0.248. The standard InChI is InChI=1S/C10H15N3O2S2/c1-4-6-13(7-5-2)17(14,15)9-8(3)12-10(11)16-9/h4-5H,1-2,6-7H2,3H3,(H2,11,12). The van der Waals surface area contributed by atoms with Crippen molar-refractivity contribution >= 4 is 26.5 Å². The molecule has 1 heterocycles. The number of nitrogen functional groups attached to an aromatic ring is 1. The molecule has 0 radical (unpaired) electrons. The minimum atomic E-state index is -3.57. The third-order valence-corrected chi connectivity index (χ3v) is 5.42. The van der Waals surface area contributed by atoms with E-state index in [2.05, 4.69) is 18.1 Å². The summed E-state index contributed by atoms with van der Waals surface area (Å²) in [6, 6.07) is 0. The van der Waals surface area contributed by atoms with Crippen LogP contribution in [0.15, 0.2) is 29.5 Å². The molecule has 0 saturated heterocycles. The molecule has 94 valence electrons. The van der Waals surface area contributed by atoms with Crippen LogP contribution in [0.4, 0.5) is 5.13 Å². The van der Waals surface area contributed by atoms with Crippen LogP contribution in [0.3, 0.4) is 0 Å². The Kier molecular flexibility index (Phi) is 4.44. The van der Waals surface area contributed by atoms with Crippen LogP contribution in [0.2, 0.25) is 0 Å². The Morgan fingerprint density at radius 1 is 1.41 bits per heavy atom. The Bertz CT molecular complexity index is 510. The fraction of sp³-hybridized carbons (Fsp3) is 0.300. The summed E-state index contributed by atoms with van der Waals surface area (Å²) < 4.78 is 26.0. The maximum absolute atomic E-state index is 12.3. The van der Waals surface area contributed by atoms with E-state index in [1.54, 1.807) is 6.92 Å². The largest absolute Gasteiger partial charge is 0.375 e.